The zero-order chi connectivity index (χ0) is 24.8. The monoisotopic (exact) mass is 479 g/mol. The Labute approximate surface area is 192 Å². The quantitative estimate of drug-likeness (QED) is 0.560. The molecule has 0 spiro atoms. The van der Waals surface area contributed by atoms with E-state index in [1.165, 1.54) is 37.4 Å². The molecule has 0 saturated heterocycles. The number of amides is 2. The van der Waals surface area contributed by atoms with E-state index in [-0.39, 0.29) is 28.6 Å². The topological polar surface area (TPSA) is 122 Å². The fraction of sp³-hybridized carbons (Fsp3) is 0.318. The van der Waals surface area contributed by atoms with Crippen LogP contribution in [0.4, 0.5) is 10.1 Å². The number of hydrogen-bond donors (Lipinski definition) is 2. The number of nitrogens with one attached hydrogen (secondary N) is 2. The van der Waals surface area contributed by atoms with Crippen LogP contribution in [0.2, 0.25) is 0 Å². The molecule has 0 unspecified atom stereocenters. The van der Waals surface area contributed by atoms with Crippen molar-refractivity contribution in [1.82, 2.24) is 10.2 Å². The van der Waals surface area contributed by atoms with E-state index in [2.05, 4.69) is 10.0 Å². The van der Waals surface area contributed by atoms with Gasteiger partial charge in [0.25, 0.3) is 15.9 Å². The number of esters is 1. The molecule has 0 aliphatic rings. The van der Waals surface area contributed by atoms with Gasteiger partial charge in [-0.05, 0) is 63.2 Å². The molecule has 2 aromatic rings. The third-order valence-corrected chi connectivity index (χ3v) is 5.50. The number of ether oxygens (including phenoxy) is 1. The van der Waals surface area contributed by atoms with Gasteiger partial charge in [0.15, 0.2) is 6.61 Å². The highest BCUT2D eigenvalue weighted by atomic mass is 32.2. The first-order valence-corrected chi connectivity index (χ1v) is 11.4. The van der Waals surface area contributed by atoms with Crippen molar-refractivity contribution in [2.24, 2.45) is 0 Å². The second-order valence-corrected chi connectivity index (χ2v) is 9.95. The lowest BCUT2D eigenvalue weighted by atomic mass is 10.1. The molecule has 2 amide bonds. The Kier molecular flexibility index (Phi) is 8.15. The van der Waals surface area contributed by atoms with Crippen molar-refractivity contribution in [3.8, 4) is 0 Å². The molecule has 11 heteroatoms. The van der Waals surface area contributed by atoms with Gasteiger partial charge >= 0.3 is 5.97 Å². The lowest BCUT2D eigenvalue weighted by Crippen LogP contribution is -2.46. The summed E-state index contributed by atoms with van der Waals surface area (Å²) in [6, 6.07) is 9.78. The van der Waals surface area contributed by atoms with Crippen molar-refractivity contribution in [3.05, 3.63) is 59.9 Å². The van der Waals surface area contributed by atoms with E-state index in [0.29, 0.717) is 0 Å². The third-order valence-electron chi connectivity index (χ3n) is 4.12. The Morgan fingerprint density at radius 1 is 1.06 bits per heavy atom. The minimum atomic E-state index is -4.06. The second kappa shape index (κ2) is 10.4. The van der Waals surface area contributed by atoms with Crippen LogP contribution in [-0.4, -0.2) is 56.8 Å². The van der Waals surface area contributed by atoms with Crippen LogP contribution in [0.3, 0.4) is 0 Å². The van der Waals surface area contributed by atoms with E-state index in [0.717, 1.165) is 23.1 Å². The van der Waals surface area contributed by atoms with Crippen LogP contribution in [0.1, 0.15) is 31.1 Å². The van der Waals surface area contributed by atoms with Crippen LogP contribution in [0.25, 0.3) is 0 Å². The molecular weight excluding hydrogens is 453 g/mol. The normalized spacial score (nSPS) is 11.4. The molecule has 2 N–H and O–H groups in total. The maximum absolute atomic E-state index is 13.0. The van der Waals surface area contributed by atoms with Gasteiger partial charge in [0, 0.05) is 18.3 Å². The molecule has 0 atom stereocenters. The SMILES string of the molecule is CN(CC(=O)NC(C)(C)C)C(=O)COC(=O)c1cccc(S(=O)(=O)Nc2ccc(F)cc2)c1. The Balaban J connectivity index is 1.99. The van der Waals surface area contributed by atoms with E-state index in [1.807, 2.05) is 0 Å². The summed E-state index contributed by atoms with van der Waals surface area (Å²) in [5.41, 5.74) is -0.393. The number of anilines is 1. The van der Waals surface area contributed by atoms with Crippen molar-refractivity contribution in [2.75, 3.05) is 24.9 Å². The van der Waals surface area contributed by atoms with Gasteiger partial charge in [0.2, 0.25) is 5.91 Å². The summed E-state index contributed by atoms with van der Waals surface area (Å²) >= 11 is 0. The Morgan fingerprint density at radius 3 is 2.30 bits per heavy atom. The molecule has 0 aliphatic carbocycles. The Hall–Kier alpha value is -3.47. The minimum absolute atomic E-state index is 0.0853. The van der Waals surface area contributed by atoms with Gasteiger partial charge in [-0.1, -0.05) is 6.07 Å². The average Bonchev–Trinajstić information content (AvgIpc) is 2.71. The van der Waals surface area contributed by atoms with Gasteiger partial charge in [0.05, 0.1) is 17.0 Å². The van der Waals surface area contributed by atoms with E-state index in [4.69, 9.17) is 4.74 Å². The highest BCUT2D eigenvalue weighted by molar-refractivity contribution is 7.92. The van der Waals surface area contributed by atoms with E-state index >= 15 is 0 Å². The number of likely N-dealkylation sites (N-methyl/N-ethyl adjacent to an activating group) is 1. The van der Waals surface area contributed by atoms with Crippen molar-refractivity contribution < 1.29 is 31.9 Å². The summed E-state index contributed by atoms with van der Waals surface area (Å²) in [5.74, 6) is -2.39. The zero-order valence-electron chi connectivity index (χ0n) is 18.7. The van der Waals surface area contributed by atoms with Gasteiger partial charge in [0.1, 0.15) is 5.82 Å². The minimum Gasteiger partial charge on any atom is -0.452 e. The number of hydrogen-bond acceptors (Lipinski definition) is 6. The number of carbonyl (C=O) groups excluding carboxylic acids is 3. The Morgan fingerprint density at radius 2 is 1.70 bits per heavy atom. The van der Waals surface area contributed by atoms with Crippen LogP contribution in [0.5, 0.6) is 0 Å². The fourth-order valence-electron chi connectivity index (χ4n) is 2.60. The molecule has 2 aromatic carbocycles. The van der Waals surface area contributed by atoms with Gasteiger partial charge in [-0.3, -0.25) is 14.3 Å². The summed E-state index contributed by atoms with van der Waals surface area (Å²) in [7, 11) is -2.66. The molecule has 0 radical (unpaired) electrons. The van der Waals surface area contributed by atoms with Crippen molar-refractivity contribution in [3.63, 3.8) is 0 Å². The van der Waals surface area contributed by atoms with Crippen LogP contribution in [0.15, 0.2) is 53.4 Å². The lowest BCUT2D eigenvalue weighted by Gasteiger charge is -2.23. The van der Waals surface area contributed by atoms with Crippen molar-refractivity contribution in [1.29, 1.82) is 0 Å². The van der Waals surface area contributed by atoms with Gasteiger partial charge in [-0.25, -0.2) is 17.6 Å². The fourth-order valence-corrected chi connectivity index (χ4v) is 3.71. The van der Waals surface area contributed by atoms with Crippen LogP contribution >= 0.6 is 0 Å². The third kappa shape index (κ3) is 8.19. The molecule has 0 fully saturated rings. The summed E-state index contributed by atoms with van der Waals surface area (Å²) in [5, 5.41) is 2.71. The highest BCUT2D eigenvalue weighted by Gasteiger charge is 2.20. The average molecular weight is 480 g/mol. The largest absolute Gasteiger partial charge is 0.452 e. The number of carbonyl (C=O) groups is 3. The maximum Gasteiger partial charge on any atom is 0.338 e. The summed E-state index contributed by atoms with van der Waals surface area (Å²) in [6.07, 6.45) is 0. The maximum atomic E-state index is 13.0. The number of nitrogens with zero attached hydrogens (tertiary/aromatic N) is 1. The summed E-state index contributed by atoms with van der Waals surface area (Å²) in [4.78, 5) is 37.3. The molecule has 2 rings (SSSR count). The predicted molar refractivity (Wildman–Crippen MR) is 119 cm³/mol. The summed E-state index contributed by atoms with van der Waals surface area (Å²) < 4.78 is 45.4. The van der Waals surface area contributed by atoms with E-state index < -0.39 is 39.9 Å². The van der Waals surface area contributed by atoms with Crippen LogP contribution < -0.4 is 10.0 Å². The second-order valence-electron chi connectivity index (χ2n) is 8.26. The summed E-state index contributed by atoms with van der Waals surface area (Å²) in [6.45, 7) is 4.58. The Bertz CT molecular complexity index is 1130. The van der Waals surface area contributed by atoms with Gasteiger partial charge < -0.3 is 15.0 Å². The number of benzene rings is 2. The van der Waals surface area contributed by atoms with E-state index in [9.17, 15) is 27.2 Å². The standard InChI is InChI=1S/C22H26FN3O6S/c1-22(2,3)24-19(27)13-26(4)20(28)14-32-21(29)15-6-5-7-18(12-15)33(30,31)25-17-10-8-16(23)9-11-17/h5-12,25H,13-14H2,1-4H3,(H,24,27). The van der Waals surface area contributed by atoms with E-state index in [1.54, 1.807) is 20.8 Å². The molecule has 0 heterocycles. The predicted octanol–water partition coefficient (Wildman–Crippen LogP) is 2.16. The van der Waals surface area contributed by atoms with Crippen LogP contribution in [0, 0.1) is 5.82 Å². The zero-order valence-corrected chi connectivity index (χ0v) is 19.5. The van der Waals surface area contributed by atoms with Crippen molar-refractivity contribution >= 4 is 33.5 Å². The number of halogens is 1. The highest BCUT2D eigenvalue weighted by Crippen LogP contribution is 2.18. The molecule has 9 nitrogen and oxygen atoms in total. The molecule has 0 bridgehead atoms. The smallest absolute Gasteiger partial charge is 0.338 e. The first kappa shape index (κ1) is 25.8. The number of sulfonamides is 1. The molecule has 0 aliphatic heterocycles. The van der Waals surface area contributed by atoms with Gasteiger partial charge in [-0.15, -0.1) is 0 Å². The first-order valence-electron chi connectivity index (χ1n) is 9.87. The van der Waals surface area contributed by atoms with Crippen molar-refractivity contribution in [2.45, 2.75) is 31.2 Å². The number of rotatable bonds is 8. The molecule has 178 valence electrons. The molecule has 33 heavy (non-hydrogen) atoms. The molecule has 0 saturated carbocycles. The van der Waals surface area contributed by atoms with Crippen LogP contribution in [-0.2, 0) is 24.3 Å². The molecular formula is C22H26FN3O6S. The first-order chi connectivity index (χ1) is 15.3. The lowest BCUT2D eigenvalue weighted by molar-refractivity contribution is -0.137. The molecule has 0 aromatic heterocycles. The van der Waals surface area contributed by atoms with Gasteiger partial charge in [-0.2, -0.15) is 0 Å².